The Bertz CT molecular complexity index is 1150. The molecule has 0 radical (unpaired) electrons. The number of halogens is 1. The second-order valence-corrected chi connectivity index (χ2v) is 8.24. The number of rotatable bonds is 7. The zero-order valence-corrected chi connectivity index (χ0v) is 18.5. The van der Waals surface area contributed by atoms with Crippen LogP contribution in [0.2, 0.25) is 0 Å². The van der Waals surface area contributed by atoms with Gasteiger partial charge in [-0.15, -0.1) is 0 Å². The Balaban J connectivity index is 1.72. The van der Waals surface area contributed by atoms with Crippen molar-refractivity contribution >= 4 is 32.9 Å². The van der Waals surface area contributed by atoms with E-state index >= 15 is 0 Å². The van der Waals surface area contributed by atoms with Crippen LogP contribution >= 0.6 is 15.9 Å². The fourth-order valence-corrected chi connectivity index (χ4v) is 4.10. The standard InChI is InChI=1S/C25H24BrN3O/c1-2-15-29-23-14-7-6-13-22(23)27-24(29)18-28(17-19-9-4-3-5-10-19)25(30)20-11-8-12-21(26)16-20/h3-14,16H,2,15,17-18H2,1H3. The molecule has 0 aliphatic rings. The lowest BCUT2D eigenvalue weighted by molar-refractivity contribution is 0.0723. The Labute approximate surface area is 185 Å². The fraction of sp³-hybridized carbons (Fsp3) is 0.200. The van der Waals surface area contributed by atoms with Crippen molar-refractivity contribution in [3.05, 3.63) is 100 Å². The second kappa shape index (κ2) is 9.26. The van der Waals surface area contributed by atoms with Crippen LogP contribution in [0.4, 0.5) is 0 Å². The van der Waals surface area contributed by atoms with Crippen LogP contribution in [0.15, 0.2) is 83.3 Å². The molecule has 0 saturated heterocycles. The summed E-state index contributed by atoms with van der Waals surface area (Å²) in [6, 6.07) is 25.8. The summed E-state index contributed by atoms with van der Waals surface area (Å²) in [5.41, 5.74) is 3.84. The average Bonchev–Trinajstić information content (AvgIpc) is 3.11. The van der Waals surface area contributed by atoms with E-state index in [1.165, 1.54) is 0 Å². The van der Waals surface area contributed by atoms with Gasteiger partial charge in [0, 0.05) is 23.1 Å². The summed E-state index contributed by atoms with van der Waals surface area (Å²) in [5.74, 6) is 0.910. The van der Waals surface area contributed by atoms with Gasteiger partial charge in [-0.3, -0.25) is 4.79 Å². The number of hydrogen-bond donors (Lipinski definition) is 0. The van der Waals surface area contributed by atoms with Crippen molar-refractivity contribution in [3.8, 4) is 0 Å². The van der Waals surface area contributed by atoms with Gasteiger partial charge in [0.1, 0.15) is 5.82 Å². The molecular weight excluding hydrogens is 438 g/mol. The highest BCUT2D eigenvalue weighted by molar-refractivity contribution is 9.10. The first-order valence-electron chi connectivity index (χ1n) is 10.2. The molecule has 152 valence electrons. The van der Waals surface area contributed by atoms with Gasteiger partial charge in [-0.2, -0.15) is 0 Å². The molecule has 30 heavy (non-hydrogen) atoms. The number of amides is 1. The van der Waals surface area contributed by atoms with E-state index in [1.54, 1.807) is 0 Å². The van der Waals surface area contributed by atoms with Crippen LogP contribution in [0.1, 0.15) is 35.1 Å². The van der Waals surface area contributed by atoms with Gasteiger partial charge in [-0.25, -0.2) is 4.98 Å². The largest absolute Gasteiger partial charge is 0.327 e. The Morgan fingerprint density at radius 2 is 1.73 bits per heavy atom. The normalized spacial score (nSPS) is 11.0. The van der Waals surface area contributed by atoms with E-state index in [-0.39, 0.29) is 5.91 Å². The number of imidazole rings is 1. The summed E-state index contributed by atoms with van der Waals surface area (Å²) in [7, 11) is 0. The lowest BCUT2D eigenvalue weighted by Gasteiger charge is -2.23. The van der Waals surface area contributed by atoms with Crippen molar-refractivity contribution < 1.29 is 4.79 Å². The minimum Gasteiger partial charge on any atom is -0.327 e. The third-order valence-corrected chi connectivity index (χ3v) is 5.58. The Morgan fingerprint density at radius 1 is 0.967 bits per heavy atom. The van der Waals surface area contributed by atoms with Crippen molar-refractivity contribution in [1.82, 2.24) is 14.5 Å². The maximum absolute atomic E-state index is 13.5. The summed E-state index contributed by atoms with van der Waals surface area (Å²) >= 11 is 3.48. The molecule has 1 amide bonds. The van der Waals surface area contributed by atoms with Crippen LogP contribution in [0, 0.1) is 0 Å². The number of carbonyl (C=O) groups is 1. The van der Waals surface area contributed by atoms with E-state index in [2.05, 4.69) is 45.6 Å². The monoisotopic (exact) mass is 461 g/mol. The topological polar surface area (TPSA) is 38.1 Å². The second-order valence-electron chi connectivity index (χ2n) is 7.33. The summed E-state index contributed by atoms with van der Waals surface area (Å²) in [6.07, 6.45) is 1.01. The average molecular weight is 462 g/mol. The van der Waals surface area contributed by atoms with Gasteiger partial charge in [0.25, 0.3) is 5.91 Å². The van der Waals surface area contributed by atoms with Crippen LogP contribution in [-0.2, 0) is 19.6 Å². The van der Waals surface area contributed by atoms with Crippen molar-refractivity contribution in [2.45, 2.75) is 33.0 Å². The molecule has 0 spiro atoms. The molecule has 4 aromatic rings. The Hall–Kier alpha value is -2.92. The third-order valence-electron chi connectivity index (χ3n) is 5.09. The highest BCUT2D eigenvalue weighted by Gasteiger charge is 2.20. The molecule has 1 aromatic heterocycles. The van der Waals surface area contributed by atoms with Gasteiger partial charge >= 0.3 is 0 Å². The van der Waals surface area contributed by atoms with Crippen LogP contribution in [0.3, 0.4) is 0 Å². The molecule has 4 rings (SSSR count). The Morgan fingerprint density at radius 3 is 2.50 bits per heavy atom. The number of fused-ring (bicyclic) bond motifs is 1. The van der Waals surface area contributed by atoms with Crippen molar-refractivity contribution in [2.75, 3.05) is 0 Å². The van der Waals surface area contributed by atoms with E-state index in [0.29, 0.717) is 18.7 Å². The number of hydrogen-bond acceptors (Lipinski definition) is 2. The number of aromatic nitrogens is 2. The van der Waals surface area contributed by atoms with Crippen molar-refractivity contribution in [1.29, 1.82) is 0 Å². The summed E-state index contributed by atoms with van der Waals surface area (Å²) < 4.78 is 3.13. The predicted molar refractivity (Wildman–Crippen MR) is 124 cm³/mol. The van der Waals surface area contributed by atoms with E-state index in [9.17, 15) is 4.79 Å². The SMILES string of the molecule is CCCn1c(CN(Cc2ccccc2)C(=O)c2cccc(Br)c2)nc2ccccc21. The minimum atomic E-state index is -0.00439. The third kappa shape index (κ3) is 4.46. The lowest BCUT2D eigenvalue weighted by Crippen LogP contribution is -2.31. The molecule has 3 aromatic carbocycles. The van der Waals surface area contributed by atoms with Gasteiger partial charge in [0.2, 0.25) is 0 Å². The zero-order chi connectivity index (χ0) is 20.9. The van der Waals surface area contributed by atoms with Crippen molar-refractivity contribution in [2.24, 2.45) is 0 Å². The van der Waals surface area contributed by atoms with E-state index < -0.39 is 0 Å². The molecule has 5 heteroatoms. The smallest absolute Gasteiger partial charge is 0.254 e. The van der Waals surface area contributed by atoms with Gasteiger partial charge in [-0.05, 0) is 42.3 Å². The maximum atomic E-state index is 13.5. The molecular formula is C25H24BrN3O. The maximum Gasteiger partial charge on any atom is 0.254 e. The number of para-hydroxylation sites is 2. The van der Waals surface area contributed by atoms with Crippen LogP contribution < -0.4 is 0 Å². The molecule has 0 N–H and O–H groups in total. The summed E-state index contributed by atoms with van der Waals surface area (Å²) in [6.45, 7) is 4.02. The summed E-state index contributed by atoms with van der Waals surface area (Å²) in [5, 5.41) is 0. The van der Waals surface area contributed by atoms with Crippen LogP contribution in [0.5, 0.6) is 0 Å². The van der Waals surface area contributed by atoms with Crippen LogP contribution in [-0.4, -0.2) is 20.4 Å². The van der Waals surface area contributed by atoms with Gasteiger partial charge in [-0.1, -0.05) is 71.4 Å². The van der Waals surface area contributed by atoms with Crippen LogP contribution in [0.25, 0.3) is 11.0 Å². The molecule has 1 heterocycles. The highest BCUT2D eigenvalue weighted by Crippen LogP contribution is 2.21. The molecule has 0 unspecified atom stereocenters. The number of carbonyl (C=O) groups excluding carboxylic acids is 1. The molecule has 0 aliphatic carbocycles. The van der Waals surface area contributed by atoms with Crippen molar-refractivity contribution in [3.63, 3.8) is 0 Å². The number of aryl methyl sites for hydroxylation is 1. The van der Waals surface area contributed by atoms with Gasteiger partial charge in [0.15, 0.2) is 0 Å². The molecule has 0 aliphatic heterocycles. The van der Waals surface area contributed by atoms with E-state index in [4.69, 9.17) is 4.98 Å². The lowest BCUT2D eigenvalue weighted by atomic mass is 10.1. The summed E-state index contributed by atoms with van der Waals surface area (Å²) in [4.78, 5) is 20.2. The molecule has 4 nitrogen and oxygen atoms in total. The Kier molecular flexibility index (Phi) is 6.29. The van der Waals surface area contributed by atoms with E-state index in [1.807, 2.05) is 65.6 Å². The molecule has 0 bridgehead atoms. The predicted octanol–water partition coefficient (Wildman–Crippen LogP) is 6.05. The number of benzene rings is 3. The first kappa shape index (κ1) is 20.4. The zero-order valence-electron chi connectivity index (χ0n) is 17.0. The van der Waals surface area contributed by atoms with Gasteiger partial charge < -0.3 is 9.47 Å². The first-order chi connectivity index (χ1) is 14.7. The highest BCUT2D eigenvalue weighted by atomic mass is 79.9. The quantitative estimate of drug-likeness (QED) is 0.335. The van der Waals surface area contributed by atoms with Gasteiger partial charge in [0.05, 0.1) is 17.6 Å². The number of nitrogens with zero attached hydrogens (tertiary/aromatic N) is 3. The molecule has 0 fully saturated rings. The minimum absolute atomic E-state index is 0.00439. The first-order valence-corrected chi connectivity index (χ1v) is 11.0. The fourth-order valence-electron chi connectivity index (χ4n) is 3.70. The van der Waals surface area contributed by atoms with E-state index in [0.717, 1.165) is 39.9 Å². The molecule has 0 atom stereocenters. The molecule has 0 saturated carbocycles.